The summed E-state index contributed by atoms with van der Waals surface area (Å²) in [5.74, 6) is -1.00. The van der Waals surface area contributed by atoms with Gasteiger partial charge >= 0.3 is 0 Å². The summed E-state index contributed by atoms with van der Waals surface area (Å²) in [5, 5.41) is 12.6. The number of aromatic nitrogens is 2. The largest absolute Gasteiger partial charge is 0.396 e. The number of ketones is 1. The maximum atomic E-state index is 14.4. The van der Waals surface area contributed by atoms with E-state index in [1.54, 1.807) is 36.4 Å². The summed E-state index contributed by atoms with van der Waals surface area (Å²) in [7, 11) is 0. The summed E-state index contributed by atoms with van der Waals surface area (Å²) in [6.07, 6.45) is 0.708. The molecule has 1 amide bonds. The molecule has 0 aliphatic heterocycles. The minimum Gasteiger partial charge on any atom is -0.396 e. The standard InChI is InChI=1S/C23H24FN3O4S/c1-15(29)25-10-9-16-7-8-17(13-19(16)24)21(30)14-32-23-26-20-6-3-2-5-18(20)22(31)27(23)11-4-12-28/h2-3,5-8,13,28H,4,9-12,14H2,1H3,(H,25,29). The number of para-hydroxylation sites is 1. The van der Waals surface area contributed by atoms with Crippen LogP contribution in [0.15, 0.2) is 52.4 Å². The van der Waals surface area contributed by atoms with Crippen LogP contribution in [0.25, 0.3) is 10.9 Å². The second-order valence-electron chi connectivity index (χ2n) is 7.20. The van der Waals surface area contributed by atoms with Crippen molar-refractivity contribution in [3.05, 3.63) is 69.8 Å². The van der Waals surface area contributed by atoms with E-state index in [9.17, 15) is 18.8 Å². The fraction of sp³-hybridized carbons (Fsp3) is 0.304. The maximum Gasteiger partial charge on any atom is 0.262 e. The van der Waals surface area contributed by atoms with E-state index in [-0.39, 0.29) is 41.7 Å². The first-order chi connectivity index (χ1) is 15.4. The zero-order chi connectivity index (χ0) is 23.1. The summed E-state index contributed by atoms with van der Waals surface area (Å²) in [6.45, 7) is 1.91. The molecular weight excluding hydrogens is 433 g/mol. The van der Waals surface area contributed by atoms with Crippen molar-refractivity contribution in [1.82, 2.24) is 14.9 Å². The van der Waals surface area contributed by atoms with Crippen LogP contribution in [0.1, 0.15) is 29.3 Å². The van der Waals surface area contributed by atoms with Gasteiger partial charge < -0.3 is 10.4 Å². The molecule has 0 aliphatic rings. The highest BCUT2D eigenvalue weighted by molar-refractivity contribution is 7.99. The Balaban J connectivity index is 1.76. The van der Waals surface area contributed by atoms with Gasteiger partial charge in [0, 0.05) is 32.2 Å². The fourth-order valence-electron chi connectivity index (χ4n) is 3.19. The summed E-state index contributed by atoms with van der Waals surface area (Å²) in [6, 6.07) is 11.3. The molecule has 9 heteroatoms. The lowest BCUT2D eigenvalue weighted by Crippen LogP contribution is -2.24. The molecular formula is C23H24FN3O4S. The van der Waals surface area contributed by atoms with Gasteiger partial charge in [0.2, 0.25) is 5.91 Å². The van der Waals surface area contributed by atoms with Gasteiger partial charge in [0.15, 0.2) is 10.9 Å². The second kappa shape index (κ2) is 11.0. The molecule has 0 spiro atoms. The summed E-state index contributed by atoms with van der Waals surface area (Å²) in [5.41, 5.74) is 0.941. The number of thioether (sulfide) groups is 1. The summed E-state index contributed by atoms with van der Waals surface area (Å²) >= 11 is 1.11. The Hall–Kier alpha value is -3.04. The Morgan fingerprint density at radius 2 is 2.00 bits per heavy atom. The first-order valence-corrected chi connectivity index (χ1v) is 11.2. The number of carbonyl (C=O) groups excluding carboxylic acids is 2. The first kappa shape index (κ1) is 23.6. The predicted molar refractivity (Wildman–Crippen MR) is 122 cm³/mol. The van der Waals surface area contributed by atoms with Crippen molar-refractivity contribution in [2.45, 2.75) is 31.5 Å². The number of halogens is 1. The van der Waals surface area contributed by atoms with Crippen molar-refractivity contribution in [1.29, 1.82) is 0 Å². The van der Waals surface area contributed by atoms with Crippen molar-refractivity contribution in [2.24, 2.45) is 0 Å². The van der Waals surface area contributed by atoms with Crippen molar-refractivity contribution in [2.75, 3.05) is 18.9 Å². The average Bonchev–Trinajstić information content (AvgIpc) is 2.78. The topological polar surface area (TPSA) is 101 Å². The third-order valence-corrected chi connectivity index (χ3v) is 5.82. The lowest BCUT2D eigenvalue weighted by molar-refractivity contribution is -0.118. The van der Waals surface area contributed by atoms with E-state index < -0.39 is 5.82 Å². The van der Waals surface area contributed by atoms with E-state index in [1.165, 1.54) is 17.6 Å². The van der Waals surface area contributed by atoms with Crippen molar-refractivity contribution >= 4 is 34.4 Å². The number of aliphatic hydroxyl groups is 1. The quantitative estimate of drug-likeness (QED) is 0.276. The zero-order valence-electron chi connectivity index (χ0n) is 17.6. The lowest BCUT2D eigenvalue weighted by Gasteiger charge is -2.12. The highest BCUT2D eigenvalue weighted by atomic mass is 32.2. The monoisotopic (exact) mass is 457 g/mol. The lowest BCUT2D eigenvalue weighted by atomic mass is 10.1. The number of benzene rings is 2. The van der Waals surface area contributed by atoms with Gasteiger partial charge in [-0.2, -0.15) is 0 Å². The van der Waals surface area contributed by atoms with Gasteiger partial charge in [-0.05, 0) is 36.6 Å². The van der Waals surface area contributed by atoms with Gasteiger partial charge in [-0.15, -0.1) is 0 Å². The molecule has 0 fully saturated rings. The van der Waals surface area contributed by atoms with Crippen LogP contribution in [0, 0.1) is 5.82 Å². The molecule has 0 atom stereocenters. The normalized spacial score (nSPS) is 11.0. The number of hydrogen-bond donors (Lipinski definition) is 2. The zero-order valence-corrected chi connectivity index (χ0v) is 18.5. The molecule has 0 aliphatic carbocycles. The van der Waals surface area contributed by atoms with Crippen LogP contribution in [0.2, 0.25) is 0 Å². The van der Waals surface area contributed by atoms with Crippen LogP contribution in [0.5, 0.6) is 0 Å². The average molecular weight is 458 g/mol. The third-order valence-electron chi connectivity index (χ3n) is 4.84. The molecule has 0 saturated carbocycles. The molecule has 3 aromatic rings. The Morgan fingerprint density at radius 1 is 1.22 bits per heavy atom. The highest BCUT2D eigenvalue weighted by Crippen LogP contribution is 2.20. The van der Waals surface area contributed by atoms with Gasteiger partial charge in [0.25, 0.3) is 5.56 Å². The fourth-order valence-corrected chi connectivity index (χ4v) is 4.11. The molecule has 0 saturated heterocycles. The number of aliphatic hydroxyl groups excluding tert-OH is 1. The molecule has 1 aromatic heterocycles. The Kier molecular flexibility index (Phi) is 8.13. The first-order valence-electron chi connectivity index (χ1n) is 10.2. The van der Waals surface area contributed by atoms with Gasteiger partial charge in [-0.1, -0.05) is 36.0 Å². The van der Waals surface area contributed by atoms with Crippen LogP contribution in [-0.2, 0) is 17.8 Å². The van der Waals surface area contributed by atoms with E-state index >= 15 is 0 Å². The second-order valence-corrected chi connectivity index (χ2v) is 8.14. The number of Topliss-reactive ketones (excluding diaryl/α,β-unsaturated/α-hetero) is 1. The highest BCUT2D eigenvalue weighted by Gasteiger charge is 2.15. The van der Waals surface area contributed by atoms with Crippen LogP contribution >= 0.6 is 11.8 Å². The molecule has 2 N–H and O–H groups in total. The van der Waals surface area contributed by atoms with Crippen LogP contribution in [0.4, 0.5) is 4.39 Å². The molecule has 0 bridgehead atoms. The summed E-state index contributed by atoms with van der Waals surface area (Å²) in [4.78, 5) is 41.0. The number of nitrogens with zero attached hydrogens (tertiary/aromatic N) is 2. The molecule has 168 valence electrons. The van der Waals surface area contributed by atoms with Crippen LogP contribution in [-0.4, -0.2) is 45.3 Å². The van der Waals surface area contributed by atoms with Gasteiger partial charge in [-0.25, -0.2) is 9.37 Å². The molecule has 0 unspecified atom stereocenters. The van der Waals surface area contributed by atoms with Crippen LogP contribution in [0.3, 0.4) is 0 Å². The van der Waals surface area contributed by atoms with E-state index in [2.05, 4.69) is 10.3 Å². The Bertz CT molecular complexity index is 1200. The predicted octanol–water partition coefficient (Wildman–Crippen LogP) is 2.57. The number of fused-ring (bicyclic) bond motifs is 1. The smallest absolute Gasteiger partial charge is 0.262 e. The van der Waals surface area contributed by atoms with Crippen molar-refractivity contribution < 1.29 is 19.1 Å². The third kappa shape index (κ3) is 5.80. The molecule has 2 aromatic carbocycles. The van der Waals surface area contributed by atoms with E-state index in [4.69, 9.17) is 5.11 Å². The van der Waals surface area contributed by atoms with Gasteiger partial charge in [0.1, 0.15) is 5.82 Å². The molecule has 0 radical (unpaired) electrons. The van der Waals surface area contributed by atoms with Crippen LogP contribution < -0.4 is 10.9 Å². The summed E-state index contributed by atoms with van der Waals surface area (Å²) < 4.78 is 15.8. The molecule has 7 nitrogen and oxygen atoms in total. The minimum absolute atomic E-state index is 0.0193. The van der Waals surface area contributed by atoms with E-state index in [1.807, 2.05) is 0 Å². The molecule has 1 heterocycles. The Labute approximate surface area is 188 Å². The number of hydrogen-bond acceptors (Lipinski definition) is 6. The maximum absolute atomic E-state index is 14.4. The van der Waals surface area contributed by atoms with Crippen molar-refractivity contribution in [3.8, 4) is 0 Å². The SMILES string of the molecule is CC(=O)NCCc1ccc(C(=O)CSc2nc3ccccc3c(=O)n2CCCO)cc1F. The molecule has 3 rings (SSSR count). The van der Waals surface area contributed by atoms with Gasteiger partial charge in [0.05, 0.1) is 16.7 Å². The van der Waals surface area contributed by atoms with E-state index in [0.717, 1.165) is 11.8 Å². The van der Waals surface area contributed by atoms with Crippen molar-refractivity contribution in [3.63, 3.8) is 0 Å². The number of amides is 1. The Morgan fingerprint density at radius 3 is 2.72 bits per heavy atom. The number of nitrogens with one attached hydrogen (secondary N) is 1. The molecule has 32 heavy (non-hydrogen) atoms. The van der Waals surface area contributed by atoms with Gasteiger partial charge in [-0.3, -0.25) is 19.0 Å². The number of rotatable bonds is 10. The number of carbonyl (C=O) groups is 2. The van der Waals surface area contributed by atoms with E-state index in [0.29, 0.717) is 41.0 Å². The minimum atomic E-state index is -0.505.